The summed E-state index contributed by atoms with van der Waals surface area (Å²) < 4.78 is 16.6. The number of carbonyl (C=O) groups is 3. The highest BCUT2D eigenvalue weighted by molar-refractivity contribution is 5.71. The van der Waals surface area contributed by atoms with Crippen LogP contribution < -0.4 is 0 Å². The van der Waals surface area contributed by atoms with Crippen LogP contribution in [-0.4, -0.2) is 37.2 Å². The van der Waals surface area contributed by atoms with Gasteiger partial charge in [0.15, 0.2) is 6.10 Å². The van der Waals surface area contributed by atoms with E-state index in [0.29, 0.717) is 25.7 Å². The monoisotopic (exact) mass is 825 g/mol. The van der Waals surface area contributed by atoms with Gasteiger partial charge in [0.2, 0.25) is 0 Å². The van der Waals surface area contributed by atoms with E-state index in [4.69, 9.17) is 14.2 Å². The predicted octanol–water partition coefficient (Wildman–Crippen LogP) is 14.9. The summed E-state index contributed by atoms with van der Waals surface area (Å²) in [5, 5.41) is 0. The Hall–Kier alpha value is -4.71. The summed E-state index contributed by atoms with van der Waals surface area (Å²) >= 11 is 0. The molecule has 0 amide bonds. The highest BCUT2D eigenvalue weighted by Crippen LogP contribution is 2.11. The molecule has 0 radical (unpaired) electrons. The third kappa shape index (κ3) is 44.4. The molecule has 332 valence electrons. The molecular formula is C54H80O6. The summed E-state index contributed by atoms with van der Waals surface area (Å²) in [7, 11) is 0. The second-order valence-electron chi connectivity index (χ2n) is 14.3. The molecule has 1 atom stereocenters. The van der Waals surface area contributed by atoms with Gasteiger partial charge in [-0.05, 0) is 89.9 Å². The van der Waals surface area contributed by atoms with E-state index in [-0.39, 0.29) is 31.6 Å². The molecule has 0 aliphatic rings. The van der Waals surface area contributed by atoms with Crippen molar-refractivity contribution in [1.29, 1.82) is 0 Å². The van der Waals surface area contributed by atoms with Gasteiger partial charge in [0.25, 0.3) is 0 Å². The maximum absolute atomic E-state index is 12.7. The summed E-state index contributed by atoms with van der Waals surface area (Å²) in [5.41, 5.74) is 0. The van der Waals surface area contributed by atoms with Crippen LogP contribution in [0.25, 0.3) is 0 Å². The lowest BCUT2D eigenvalue weighted by atomic mass is 10.1. The molecule has 1 unspecified atom stereocenters. The lowest BCUT2D eigenvalue weighted by molar-refractivity contribution is -0.167. The van der Waals surface area contributed by atoms with Crippen molar-refractivity contribution in [3.8, 4) is 0 Å². The summed E-state index contributed by atoms with van der Waals surface area (Å²) in [6.45, 7) is 6.09. The summed E-state index contributed by atoms with van der Waals surface area (Å²) in [4.78, 5) is 37.8. The second-order valence-corrected chi connectivity index (χ2v) is 14.3. The van der Waals surface area contributed by atoms with Crippen molar-refractivity contribution in [1.82, 2.24) is 0 Å². The quantitative estimate of drug-likeness (QED) is 0.0203. The molecule has 0 aliphatic carbocycles. The number of unbranched alkanes of at least 4 members (excludes halogenated alkanes) is 9. The highest BCUT2D eigenvalue weighted by Gasteiger charge is 2.19. The third-order valence-corrected chi connectivity index (χ3v) is 8.76. The molecule has 0 aromatic carbocycles. The van der Waals surface area contributed by atoms with Crippen molar-refractivity contribution in [2.45, 2.75) is 162 Å². The zero-order chi connectivity index (χ0) is 43.7. The maximum atomic E-state index is 12.7. The zero-order valence-corrected chi connectivity index (χ0v) is 37.6. The lowest BCUT2D eigenvalue weighted by Crippen LogP contribution is -2.30. The molecule has 0 bridgehead atoms. The van der Waals surface area contributed by atoms with Gasteiger partial charge in [-0.3, -0.25) is 14.4 Å². The smallest absolute Gasteiger partial charge is 0.306 e. The van der Waals surface area contributed by atoms with E-state index in [1.165, 1.54) is 0 Å². The van der Waals surface area contributed by atoms with Crippen molar-refractivity contribution >= 4 is 17.9 Å². The summed E-state index contributed by atoms with van der Waals surface area (Å²) in [6.07, 6.45) is 66.9. The van der Waals surface area contributed by atoms with Crippen LogP contribution in [0.1, 0.15) is 156 Å². The topological polar surface area (TPSA) is 78.9 Å². The average molecular weight is 825 g/mol. The van der Waals surface area contributed by atoms with Gasteiger partial charge < -0.3 is 14.2 Å². The molecule has 60 heavy (non-hydrogen) atoms. The molecule has 0 heterocycles. The van der Waals surface area contributed by atoms with Crippen molar-refractivity contribution in [2.24, 2.45) is 0 Å². The number of ether oxygens (including phenoxy) is 3. The van der Waals surface area contributed by atoms with E-state index in [0.717, 1.165) is 103 Å². The van der Waals surface area contributed by atoms with Crippen LogP contribution in [0.2, 0.25) is 0 Å². The maximum Gasteiger partial charge on any atom is 0.306 e. The van der Waals surface area contributed by atoms with Crippen LogP contribution in [0.15, 0.2) is 146 Å². The molecule has 6 nitrogen and oxygen atoms in total. The van der Waals surface area contributed by atoms with Crippen LogP contribution >= 0.6 is 0 Å². The summed E-state index contributed by atoms with van der Waals surface area (Å²) in [6, 6.07) is 0. The molecule has 0 rings (SSSR count). The minimum atomic E-state index is -0.842. The number of hydrogen-bond acceptors (Lipinski definition) is 6. The van der Waals surface area contributed by atoms with E-state index < -0.39 is 12.1 Å². The molecule has 0 saturated carbocycles. The fraction of sp³-hybridized carbons (Fsp3) is 0.500. The first-order valence-electron chi connectivity index (χ1n) is 22.9. The Kier molecular flexibility index (Phi) is 43.3. The van der Waals surface area contributed by atoms with Crippen molar-refractivity contribution in [2.75, 3.05) is 13.2 Å². The van der Waals surface area contributed by atoms with E-state index >= 15 is 0 Å². The van der Waals surface area contributed by atoms with Gasteiger partial charge in [-0.1, -0.05) is 192 Å². The number of allylic oxidation sites excluding steroid dienone is 24. The second kappa shape index (κ2) is 47.0. The molecule has 6 heteroatoms. The van der Waals surface area contributed by atoms with Crippen LogP contribution in [0, 0.1) is 0 Å². The molecule has 0 saturated heterocycles. The Morgan fingerprint density at radius 1 is 0.350 bits per heavy atom. The highest BCUT2D eigenvalue weighted by atomic mass is 16.6. The third-order valence-electron chi connectivity index (χ3n) is 8.76. The molecule has 0 spiro atoms. The van der Waals surface area contributed by atoms with E-state index in [1.54, 1.807) is 0 Å². The Balaban J connectivity index is 4.62. The Bertz CT molecular complexity index is 1410. The number of esters is 3. The molecule has 0 aromatic heterocycles. The fourth-order valence-corrected chi connectivity index (χ4v) is 5.40. The fourth-order valence-electron chi connectivity index (χ4n) is 5.40. The standard InChI is InChI=1S/C54H80O6/c1-4-7-10-13-16-19-22-25-26-27-30-32-35-38-41-44-47-53(56)59-50-51(60-54(57)48-45-42-39-36-33-29-24-21-18-15-12-9-6-3)49-58-52(55)46-43-40-37-34-31-28-23-20-17-14-11-8-5-2/h7-12,14-21,23-26,29-30,32-33,36,39,51H,4-6,13,22,27-28,31,34-35,37-38,40-50H2,1-3H3/b10-7+,11-8+,12-9+,17-14+,18-15+,19-16+,23-20+,24-21+,26-25+,32-30+,33-29+,39-36+. The van der Waals surface area contributed by atoms with Gasteiger partial charge in [-0.25, -0.2) is 0 Å². The van der Waals surface area contributed by atoms with E-state index in [1.807, 2.05) is 60.8 Å². The minimum absolute atomic E-state index is 0.135. The lowest BCUT2D eigenvalue weighted by Gasteiger charge is -2.18. The van der Waals surface area contributed by atoms with Gasteiger partial charge in [0, 0.05) is 19.3 Å². The first kappa shape index (κ1) is 55.3. The first-order valence-corrected chi connectivity index (χ1v) is 22.9. The molecule has 0 N–H and O–H groups in total. The van der Waals surface area contributed by atoms with Crippen LogP contribution in [0.4, 0.5) is 0 Å². The molecule has 0 fully saturated rings. The molecule has 0 aromatic rings. The summed E-state index contributed by atoms with van der Waals surface area (Å²) in [5.74, 6) is -1.08. The normalized spacial score (nSPS) is 13.4. The number of rotatable bonds is 38. The van der Waals surface area contributed by atoms with Gasteiger partial charge in [0.05, 0.1) is 0 Å². The molecular weight excluding hydrogens is 745 g/mol. The van der Waals surface area contributed by atoms with Crippen LogP contribution in [0.3, 0.4) is 0 Å². The van der Waals surface area contributed by atoms with Crippen LogP contribution in [-0.2, 0) is 28.6 Å². The molecule has 0 aliphatic heterocycles. The zero-order valence-electron chi connectivity index (χ0n) is 37.6. The van der Waals surface area contributed by atoms with Crippen molar-refractivity contribution in [3.05, 3.63) is 146 Å². The largest absolute Gasteiger partial charge is 0.462 e. The number of hydrogen-bond donors (Lipinski definition) is 0. The Morgan fingerprint density at radius 3 is 1.20 bits per heavy atom. The van der Waals surface area contributed by atoms with Crippen molar-refractivity contribution in [3.63, 3.8) is 0 Å². The Labute approximate surface area is 366 Å². The van der Waals surface area contributed by atoms with Crippen LogP contribution in [0.5, 0.6) is 0 Å². The van der Waals surface area contributed by atoms with Gasteiger partial charge in [-0.2, -0.15) is 0 Å². The van der Waals surface area contributed by atoms with E-state index in [9.17, 15) is 14.4 Å². The first-order chi connectivity index (χ1) is 29.5. The minimum Gasteiger partial charge on any atom is -0.462 e. The van der Waals surface area contributed by atoms with E-state index in [2.05, 4.69) is 106 Å². The van der Waals surface area contributed by atoms with Gasteiger partial charge in [0.1, 0.15) is 13.2 Å². The van der Waals surface area contributed by atoms with Crippen molar-refractivity contribution < 1.29 is 28.6 Å². The average Bonchev–Trinajstić information content (AvgIpc) is 3.24. The predicted molar refractivity (Wildman–Crippen MR) is 255 cm³/mol. The number of carbonyl (C=O) groups excluding carboxylic acids is 3. The van der Waals surface area contributed by atoms with Gasteiger partial charge >= 0.3 is 17.9 Å². The Morgan fingerprint density at radius 2 is 0.700 bits per heavy atom. The van der Waals surface area contributed by atoms with Gasteiger partial charge in [-0.15, -0.1) is 0 Å². The SMILES string of the molecule is CC/C=C/C=C/C=C/C=C/C=C/CCCC(=O)OC(COC(=O)CCCCC/C=C/C/C=C/C/C=C/C/C=C/CC)COC(=O)CCCCCCC/C=C/C=C/C=C/CC.